The van der Waals surface area contributed by atoms with Crippen LogP contribution in [0.15, 0.2) is 0 Å². The van der Waals surface area contributed by atoms with Crippen LogP contribution in [-0.4, -0.2) is 31.7 Å². The Morgan fingerprint density at radius 2 is 1.00 bits per heavy atom. The van der Waals surface area contributed by atoms with Crippen LogP contribution in [0.3, 0.4) is 0 Å². The molecule has 0 amide bonds. The summed E-state index contributed by atoms with van der Waals surface area (Å²) in [6, 6.07) is 0.869. The Kier molecular flexibility index (Phi) is 17.3. The Bertz CT molecular complexity index is 198. The van der Waals surface area contributed by atoms with E-state index < -0.39 is 0 Å². The molecule has 2 heteroatoms. The maximum atomic E-state index is 2.36. The van der Waals surface area contributed by atoms with E-state index in [1.165, 1.54) is 83.5 Å². The highest BCUT2D eigenvalue weighted by atomic mass is 79.9. The lowest BCUT2D eigenvalue weighted by atomic mass is 10.00. The second kappa shape index (κ2) is 15.3. The second-order valence-corrected chi connectivity index (χ2v) is 7.53. The largest absolute Gasteiger partial charge is 1.00 e. The summed E-state index contributed by atoms with van der Waals surface area (Å²) in [6.07, 6.45) is 18.6. The summed E-state index contributed by atoms with van der Waals surface area (Å²) < 4.78 is 1.14. The van der Waals surface area contributed by atoms with E-state index in [1.807, 2.05) is 0 Å². The van der Waals surface area contributed by atoms with E-state index in [1.54, 1.807) is 0 Å². The third-order valence-electron chi connectivity index (χ3n) is 4.61. The molecular weight excluding hydrogens is 322 g/mol. The zero-order valence-corrected chi connectivity index (χ0v) is 17.2. The van der Waals surface area contributed by atoms with Crippen molar-refractivity contribution in [1.82, 2.24) is 0 Å². The van der Waals surface area contributed by atoms with E-state index in [0.29, 0.717) is 0 Å². The monoisotopic (exact) mass is 363 g/mol. The first-order valence-electron chi connectivity index (χ1n) is 9.33. The zero-order chi connectivity index (χ0) is 15.3. The fraction of sp³-hybridized carbons (Fsp3) is 1.00. The van der Waals surface area contributed by atoms with Gasteiger partial charge in [0.2, 0.25) is 0 Å². The van der Waals surface area contributed by atoms with Crippen LogP contribution < -0.4 is 17.0 Å². The molecular formula is C19H42BrN. The molecule has 21 heavy (non-hydrogen) atoms. The van der Waals surface area contributed by atoms with Gasteiger partial charge < -0.3 is 21.5 Å². The van der Waals surface area contributed by atoms with Crippen LogP contribution in [-0.2, 0) is 0 Å². The Morgan fingerprint density at radius 3 is 1.38 bits per heavy atom. The molecule has 0 rings (SSSR count). The minimum absolute atomic E-state index is 0. The minimum Gasteiger partial charge on any atom is -1.00 e. The first kappa shape index (κ1) is 23.7. The summed E-state index contributed by atoms with van der Waals surface area (Å²) in [6.45, 7) is 4.61. The maximum Gasteiger partial charge on any atom is 0.0884 e. The van der Waals surface area contributed by atoms with Gasteiger partial charge in [0.1, 0.15) is 0 Å². The van der Waals surface area contributed by atoms with Crippen LogP contribution in [0.4, 0.5) is 0 Å². The Hall–Kier alpha value is 0.440. The van der Waals surface area contributed by atoms with Crippen molar-refractivity contribution in [3.8, 4) is 0 Å². The van der Waals surface area contributed by atoms with Gasteiger partial charge in [0.25, 0.3) is 0 Å². The molecule has 0 saturated carbocycles. The standard InChI is InChI=1S/C19H42N.BrH/c1-6-8-9-10-11-12-13-14-15-16-18-19(17-7-2)20(3,4)5;/h19H,6-18H2,1-5H3;1H/q+1;/p-1. The molecule has 1 nitrogen and oxygen atoms in total. The lowest BCUT2D eigenvalue weighted by molar-refractivity contribution is -0.896. The minimum atomic E-state index is 0. The van der Waals surface area contributed by atoms with Crippen molar-refractivity contribution in [3.05, 3.63) is 0 Å². The van der Waals surface area contributed by atoms with Gasteiger partial charge in [-0.2, -0.15) is 0 Å². The third-order valence-corrected chi connectivity index (χ3v) is 4.61. The van der Waals surface area contributed by atoms with Crippen molar-refractivity contribution in [2.45, 2.75) is 103 Å². The van der Waals surface area contributed by atoms with Crippen LogP contribution in [0.25, 0.3) is 0 Å². The summed E-state index contributed by atoms with van der Waals surface area (Å²) in [5, 5.41) is 0. The number of nitrogens with zero attached hydrogens (tertiary/aromatic N) is 1. The summed E-state index contributed by atoms with van der Waals surface area (Å²) in [4.78, 5) is 0. The summed E-state index contributed by atoms with van der Waals surface area (Å²) in [5.74, 6) is 0. The summed E-state index contributed by atoms with van der Waals surface area (Å²) in [7, 11) is 7.07. The van der Waals surface area contributed by atoms with E-state index in [9.17, 15) is 0 Å². The molecule has 0 aromatic rings. The highest BCUT2D eigenvalue weighted by Crippen LogP contribution is 2.18. The highest BCUT2D eigenvalue weighted by molar-refractivity contribution is 4.58. The van der Waals surface area contributed by atoms with E-state index in [-0.39, 0.29) is 17.0 Å². The van der Waals surface area contributed by atoms with Gasteiger partial charge >= 0.3 is 0 Å². The lowest BCUT2D eigenvalue weighted by Crippen LogP contribution is -3.00. The molecule has 0 aromatic heterocycles. The smallest absolute Gasteiger partial charge is 0.0884 e. The van der Waals surface area contributed by atoms with Gasteiger partial charge in [-0.1, -0.05) is 78.1 Å². The first-order chi connectivity index (χ1) is 9.52. The van der Waals surface area contributed by atoms with Gasteiger partial charge in [0, 0.05) is 0 Å². The van der Waals surface area contributed by atoms with Crippen molar-refractivity contribution in [2.24, 2.45) is 0 Å². The normalized spacial score (nSPS) is 13.0. The van der Waals surface area contributed by atoms with Crippen LogP contribution >= 0.6 is 0 Å². The van der Waals surface area contributed by atoms with Crippen LogP contribution in [0.5, 0.6) is 0 Å². The van der Waals surface area contributed by atoms with E-state index in [2.05, 4.69) is 35.0 Å². The molecule has 0 aliphatic carbocycles. The number of hydrogen-bond donors (Lipinski definition) is 0. The van der Waals surface area contributed by atoms with Crippen molar-refractivity contribution in [1.29, 1.82) is 0 Å². The molecule has 0 radical (unpaired) electrons. The van der Waals surface area contributed by atoms with Gasteiger partial charge in [-0.25, -0.2) is 0 Å². The second-order valence-electron chi connectivity index (χ2n) is 7.53. The van der Waals surface area contributed by atoms with Crippen LogP contribution in [0, 0.1) is 0 Å². The Balaban J connectivity index is 0. The van der Waals surface area contributed by atoms with Crippen LogP contribution in [0.1, 0.15) is 97.3 Å². The molecule has 0 bridgehead atoms. The number of quaternary nitrogens is 1. The van der Waals surface area contributed by atoms with E-state index >= 15 is 0 Å². The third kappa shape index (κ3) is 15.1. The lowest BCUT2D eigenvalue weighted by Gasteiger charge is -2.34. The Labute approximate surface area is 146 Å². The molecule has 0 fully saturated rings. The van der Waals surface area contributed by atoms with Crippen molar-refractivity contribution in [3.63, 3.8) is 0 Å². The topological polar surface area (TPSA) is 0 Å². The highest BCUT2D eigenvalue weighted by Gasteiger charge is 2.21. The molecule has 1 atom stereocenters. The maximum absolute atomic E-state index is 2.36. The number of unbranched alkanes of at least 4 members (excludes halogenated alkanes) is 9. The molecule has 130 valence electrons. The fourth-order valence-corrected chi connectivity index (χ4v) is 3.12. The summed E-state index contributed by atoms with van der Waals surface area (Å²) in [5.41, 5.74) is 0. The van der Waals surface area contributed by atoms with Gasteiger partial charge in [0.05, 0.1) is 27.2 Å². The molecule has 0 heterocycles. The number of halogens is 1. The van der Waals surface area contributed by atoms with E-state index in [0.717, 1.165) is 10.5 Å². The van der Waals surface area contributed by atoms with Crippen molar-refractivity contribution in [2.75, 3.05) is 21.1 Å². The van der Waals surface area contributed by atoms with Gasteiger partial charge in [-0.3, -0.25) is 0 Å². The fourth-order valence-electron chi connectivity index (χ4n) is 3.12. The van der Waals surface area contributed by atoms with Gasteiger partial charge in [0.15, 0.2) is 0 Å². The molecule has 0 saturated heterocycles. The average Bonchev–Trinajstić information content (AvgIpc) is 2.38. The van der Waals surface area contributed by atoms with Gasteiger partial charge in [-0.15, -0.1) is 0 Å². The Morgan fingerprint density at radius 1 is 0.571 bits per heavy atom. The predicted molar refractivity (Wildman–Crippen MR) is 93.2 cm³/mol. The molecule has 1 unspecified atom stereocenters. The quantitative estimate of drug-likeness (QED) is 0.328. The SMILES string of the molecule is CCCCCCCCCCCCC(CCC)[N+](C)(C)C.[Br-]. The van der Waals surface area contributed by atoms with Crippen molar-refractivity contribution < 1.29 is 21.5 Å². The van der Waals surface area contributed by atoms with Crippen LogP contribution in [0.2, 0.25) is 0 Å². The molecule has 0 spiro atoms. The zero-order valence-electron chi connectivity index (χ0n) is 15.6. The molecule has 0 aromatic carbocycles. The first-order valence-corrected chi connectivity index (χ1v) is 9.33. The molecule has 0 aliphatic rings. The number of hydrogen-bond acceptors (Lipinski definition) is 0. The number of rotatable bonds is 14. The van der Waals surface area contributed by atoms with Crippen molar-refractivity contribution >= 4 is 0 Å². The summed E-state index contributed by atoms with van der Waals surface area (Å²) >= 11 is 0. The predicted octanol–water partition coefficient (Wildman–Crippen LogP) is 3.18. The van der Waals surface area contributed by atoms with E-state index in [4.69, 9.17) is 0 Å². The molecule has 0 N–H and O–H groups in total. The average molecular weight is 364 g/mol. The van der Waals surface area contributed by atoms with Gasteiger partial charge in [-0.05, 0) is 19.3 Å². The molecule has 0 aliphatic heterocycles.